The second-order valence-corrected chi connectivity index (χ2v) is 8.59. The number of aromatic nitrogens is 2. The van der Waals surface area contributed by atoms with Gasteiger partial charge in [-0.2, -0.15) is 4.39 Å². The Morgan fingerprint density at radius 2 is 1.81 bits per heavy atom. The molecule has 2 fully saturated rings. The van der Waals surface area contributed by atoms with Crippen molar-refractivity contribution >= 4 is 52.3 Å². The molecule has 32 heavy (non-hydrogen) atoms. The zero-order chi connectivity index (χ0) is 23.0. The quantitative estimate of drug-likeness (QED) is 0.608. The lowest BCUT2D eigenvalue weighted by molar-refractivity contribution is -0.148. The number of nitrogens with two attached hydrogens (primary N) is 1. The molecule has 4 N–H and O–H groups in total. The molecule has 3 heterocycles. The monoisotopic (exact) mass is 482 g/mol. The first-order valence-electron chi connectivity index (χ1n) is 10.0. The predicted molar refractivity (Wildman–Crippen MR) is 118 cm³/mol. The number of carbonyl (C=O) groups excluding carboxylic acids is 2. The highest BCUT2D eigenvalue weighted by Crippen LogP contribution is 2.30. The number of rotatable bonds is 4. The third-order valence-corrected chi connectivity index (χ3v) is 6.03. The standard InChI is InChI=1S/C20H21Cl2FN6O3/c21-10-6-11(22)8-12(7-10)27-13-2-1-4-28(19(13)31)16-14(30)3-5-29(20(16)32)18-15(23)17(24)25-9-26-18/h6-9,13-14,16,27,30H,1-5H2,(H2,24,25,26). The van der Waals surface area contributed by atoms with Crippen molar-refractivity contribution < 1.29 is 19.1 Å². The molecule has 0 saturated carbocycles. The third-order valence-electron chi connectivity index (χ3n) is 5.60. The van der Waals surface area contributed by atoms with Crippen LogP contribution in [0.1, 0.15) is 19.3 Å². The van der Waals surface area contributed by atoms with E-state index in [1.807, 2.05) is 0 Å². The Morgan fingerprint density at radius 1 is 1.09 bits per heavy atom. The number of nitrogens with one attached hydrogen (secondary N) is 1. The maximum absolute atomic E-state index is 14.5. The molecule has 9 nitrogen and oxygen atoms in total. The van der Waals surface area contributed by atoms with Crippen molar-refractivity contribution in [3.05, 3.63) is 40.4 Å². The maximum Gasteiger partial charge on any atom is 0.253 e. The highest BCUT2D eigenvalue weighted by Gasteiger charge is 2.45. The molecule has 2 aliphatic heterocycles. The molecule has 12 heteroatoms. The first kappa shape index (κ1) is 22.5. The fourth-order valence-electron chi connectivity index (χ4n) is 4.11. The summed E-state index contributed by atoms with van der Waals surface area (Å²) in [4.78, 5) is 36.4. The Balaban J connectivity index is 1.57. The summed E-state index contributed by atoms with van der Waals surface area (Å²) in [6.45, 7) is 0.317. The highest BCUT2D eigenvalue weighted by atomic mass is 35.5. The average Bonchev–Trinajstić information content (AvgIpc) is 2.72. The van der Waals surface area contributed by atoms with Gasteiger partial charge in [-0.25, -0.2) is 9.97 Å². The van der Waals surface area contributed by atoms with E-state index in [0.29, 0.717) is 28.6 Å². The van der Waals surface area contributed by atoms with E-state index in [1.54, 1.807) is 18.2 Å². The number of piperidine rings is 2. The largest absolute Gasteiger partial charge is 0.390 e. The summed E-state index contributed by atoms with van der Waals surface area (Å²) in [7, 11) is 0. The molecule has 4 rings (SSSR count). The Hall–Kier alpha value is -2.69. The van der Waals surface area contributed by atoms with Crippen LogP contribution in [0.5, 0.6) is 0 Å². The van der Waals surface area contributed by atoms with Gasteiger partial charge >= 0.3 is 0 Å². The van der Waals surface area contributed by atoms with Crippen molar-refractivity contribution in [1.29, 1.82) is 0 Å². The first-order valence-corrected chi connectivity index (χ1v) is 10.8. The predicted octanol–water partition coefficient (Wildman–Crippen LogP) is 2.07. The second-order valence-electron chi connectivity index (χ2n) is 7.72. The lowest BCUT2D eigenvalue weighted by Crippen LogP contribution is -2.64. The molecule has 0 spiro atoms. The summed E-state index contributed by atoms with van der Waals surface area (Å²) >= 11 is 12.1. The minimum absolute atomic E-state index is 0.0363. The third kappa shape index (κ3) is 4.30. The molecule has 2 saturated heterocycles. The number of hydrogen-bond acceptors (Lipinski definition) is 7. The topological polar surface area (TPSA) is 125 Å². The molecule has 0 aliphatic carbocycles. The van der Waals surface area contributed by atoms with Crippen molar-refractivity contribution in [2.24, 2.45) is 0 Å². The van der Waals surface area contributed by atoms with E-state index < -0.39 is 29.9 Å². The first-order chi connectivity index (χ1) is 15.3. The van der Waals surface area contributed by atoms with Crippen molar-refractivity contribution in [2.75, 3.05) is 29.0 Å². The van der Waals surface area contributed by atoms with E-state index in [2.05, 4.69) is 15.3 Å². The summed E-state index contributed by atoms with van der Waals surface area (Å²) in [6, 6.07) is 3.06. The molecule has 170 valence electrons. The van der Waals surface area contributed by atoms with E-state index in [-0.39, 0.29) is 37.1 Å². The molecule has 1 aromatic carbocycles. The summed E-state index contributed by atoms with van der Waals surface area (Å²) in [5.74, 6) is -2.55. The number of hydrogen-bond donors (Lipinski definition) is 3. The molecule has 2 aromatic rings. The number of anilines is 3. The van der Waals surface area contributed by atoms with E-state index in [0.717, 1.165) is 11.2 Å². The van der Waals surface area contributed by atoms with Crippen LogP contribution in [-0.4, -0.2) is 63.1 Å². The van der Waals surface area contributed by atoms with Gasteiger partial charge in [-0.3, -0.25) is 14.5 Å². The number of benzene rings is 1. The van der Waals surface area contributed by atoms with Crippen LogP contribution in [0.25, 0.3) is 0 Å². The number of aliphatic hydroxyl groups excluding tert-OH is 1. The zero-order valence-electron chi connectivity index (χ0n) is 16.8. The van der Waals surface area contributed by atoms with Gasteiger partial charge in [0.15, 0.2) is 11.6 Å². The summed E-state index contributed by atoms with van der Waals surface area (Å²) < 4.78 is 14.5. The van der Waals surface area contributed by atoms with Crippen molar-refractivity contribution in [1.82, 2.24) is 14.9 Å². The van der Waals surface area contributed by atoms with Gasteiger partial charge in [0.1, 0.15) is 18.4 Å². The molecule has 0 bridgehead atoms. The Labute approximate surface area is 193 Å². The molecule has 3 atom stereocenters. The molecule has 2 amide bonds. The van der Waals surface area contributed by atoms with Crippen LogP contribution in [0.3, 0.4) is 0 Å². The average molecular weight is 483 g/mol. The number of likely N-dealkylation sites (tertiary alicyclic amines) is 1. The summed E-state index contributed by atoms with van der Waals surface area (Å²) in [5.41, 5.74) is 6.08. The van der Waals surface area contributed by atoms with E-state index in [4.69, 9.17) is 28.9 Å². The molecule has 3 unspecified atom stereocenters. The fraction of sp³-hybridized carbons (Fsp3) is 0.400. The number of nitrogen functional groups attached to an aromatic ring is 1. The normalized spacial score (nSPS) is 24.1. The van der Waals surface area contributed by atoms with Crippen LogP contribution in [-0.2, 0) is 9.59 Å². The van der Waals surface area contributed by atoms with Crippen molar-refractivity contribution in [3.63, 3.8) is 0 Å². The summed E-state index contributed by atoms with van der Waals surface area (Å²) in [5, 5.41) is 14.5. The van der Waals surface area contributed by atoms with E-state index in [9.17, 15) is 19.1 Å². The molecular formula is C20H21Cl2FN6O3. The molecular weight excluding hydrogens is 462 g/mol. The Bertz CT molecular complexity index is 1040. The number of nitrogens with zero attached hydrogens (tertiary/aromatic N) is 4. The second kappa shape index (κ2) is 9.05. The SMILES string of the molecule is Nc1ncnc(N2CCC(O)C(N3CCCC(Nc4cc(Cl)cc(Cl)c4)C3=O)C2=O)c1F. The number of aliphatic hydroxyl groups is 1. The van der Waals surface area contributed by atoms with Crippen LogP contribution in [0.4, 0.5) is 21.7 Å². The Morgan fingerprint density at radius 3 is 2.53 bits per heavy atom. The van der Waals surface area contributed by atoms with Crippen LogP contribution in [0, 0.1) is 5.82 Å². The smallest absolute Gasteiger partial charge is 0.253 e. The van der Waals surface area contributed by atoms with Gasteiger partial charge in [-0.1, -0.05) is 23.2 Å². The van der Waals surface area contributed by atoms with Crippen LogP contribution in [0.2, 0.25) is 10.0 Å². The van der Waals surface area contributed by atoms with Crippen molar-refractivity contribution in [3.8, 4) is 0 Å². The number of carbonyl (C=O) groups is 2. The number of halogens is 3. The lowest BCUT2D eigenvalue weighted by atomic mass is 9.95. The van der Waals surface area contributed by atoms with Gasteiger partial charge in [-0.15, -0.1) is 0 Å². The maximum atomic E-state index is 14.5. The fourth-order valence-corrected chi connectivity index (χ4v) is 4.64. The van der Waals surface area contributed by atoms with Crippen molar-refractivity contribution in [2.45, 2.75) is 37.5 Å². The lowest BCUT2D eigenvalue weighted by Gasteiger charge is -2.43. The number of amides is 2. The zero-order valence-corrected chi connectivity index (χ0v) is 18.4. The minimum Gasteiger partial charge on any atom is -0.390 e. The molecule has 2 aliphatic rings. The van der Waals surface area contributed by atoms with Crippen LogP contribution >= 0.6 is 23.2 Å². The van der Waals surface area contributed by atoms with Crippen LogP contribution < -0.4 is 16.0 Å². The minimum atomic E-state index is -1.17. The van der Waals surface area contributed by atoms with Gasteiger partial charge in [-0.05, 0) is 37.5 Å². The Kier molecular flexibility index (Phi) is 6.36. The van der Waals surface area contributed by atoms with Gasteiger partial charge in [0.05, 0.1) is 6.10 Å². The van der Waals surface area contributed by atoms with Gasteiger partial charge in [0.25, 0.3) is 5.91 Å². The summed E-state index contributed by atoms with van der Waals surface area (Å²) in [6.07, 6.45) is 1.24. The van der Waals surface area contributed by atoms with Gasteiger partial charge < -0.3 is 21.1 Å². The van der Waals surface area contributed by atoms with E-state index >= 15 is 0 Å². The molecule has 1 aromatic heterocycles. The molecule has 0 radical (unpaired) electrons. The van der Waals surface area contributed by atoms with E-state index in [1.165, 1.54) is 4.90 Å². The van der Waals surface area contributed by atoms with Gasteiger partial charge in [0, 0.05) is 28.8 Å². The van der Waals surface area contributed by atoms with Gasteiger partial charge in [0.2, 0.25) is 11.7 Å². The van der Waals surface area contributed by atoms with Crippen LogP contribution in [0.15, 0.2) is 24.5 Å². The highest BCUT2D eigenvalue weighted by molar-refractivity contribution is 6.35.